The van der Waals surface area contributed by atoms with Crippen LogP contribution >= 0.6 is 0 Å². The normalized spacial score (nSPS) is 19.3. The van der Waals surface area contributed by atoms with Gasteiger partial charge in [0.25, 0.3) is 5.91 Å². The Kier molecular flexibility index (Phi) is 5.63. The number of carbonyl (C=O) groups excluding carboxylic acids is 2. The van der Waals surface area contributed by atoms with E-state index in [1.807, 2.05) is 0 Å². The lowest BCUT2D eigenvalue weighted by Gasteiger charge is -2.13. The highest BCUT2D eigenvalue weighted by Crippen LogP contribution is 2.41. The molecule has 0 spiro atoms. The standard InChI is InChI=1S/C24H26N4O5S/c1-3-33-24(30)17-6-4-5-7-19(17)26-23(29)18-12-20(15-8-9-15)25-22-21(18)14(2)27-28(22)16-10-11-34(31,32)13-16/h4-7,12,15-16H,3,8-11,13H2,1-2H3,(H,26,29). The van der Waals surface area contributed by atoms with Crippen LogP contribution in [0.1, 0.15) is 70.2 Å². The number of amides is 1. The minimum atomic E-state index is -3.11. The number of para-hydroxylation sites is 1. The average molecular weight is 483 g/mol. The molecule has 1 aliphatic carbocycles. The molecule has 1 unspecified atom stereocenters. The van der Waals surface area contributed by atoms with Gasteiger partial charge in [0.2, 0.25) is 0 Å². The van der Waals surface area contributed by atoms with Gasteiger partial charge in [0, 0.05) is 11.6 Å². The molecule has 1 N–H and O–H groups in total. The van der Waals surface area contributed by atoms with E-state index in [4.69, 9.17) is 9.72 Å². The number of nitrogens with one attached hydrogen (secondary N) is 1. The van der Waals surface area contributed by atoms with Crippen molar-refractivity contribution in [3.63, 3.8) is 0 Å². The number of esters is 1. The Labute approximate surface area is 197 Å². The molecule has 1 amide bonds. The smallest absolute Gasteiger partial charge is 0.340 e. The predicted octanol–water partition coefficient (Wildman–Crippen LogP) is 3.41. The van der Waals surface area contributed by atoms with E-state index in [-0.39, 0.29) is 41.5 Å². The topological polar surface area (TPSA) is 120 Å². The second-order valence-corrected chi connectivity index (χ2v) is 11.1. The number of aromatic nitrogens is 3. The van der Waals surface area contributed by atoms with Crippen LogP contribution in [0.25, 0.3) is 11.0 Å². The van der Waals surface area contributed by atoms with Gasteiger partial charge in [-0.25, -0.2) is 22.9 Å². The summed E-state index contributed by atoms with van der Waals surface area (Å²) in [4.78, 5) is 30.7. The number of aryl methyl sites for hydroxylation is 1. The Bertz CT molecular complexity index is 1410. The lowest BCUT2D eigenvalue weighted by molar-refractivity contribution is 0.0527. The van der Waals surface area contributed by atoms with Crippen LogP contribution in [0.2, 0.25) is 0 Å². The molecule has 1 aromatic carbocycles. The van der Waals surface area contributed by atoms with Crippen molar-refractivity contribution >= 4 is 38.4 Å². The summed E-state index contributed by atoms with van der Waals surface area (Å²) in [6.07, 6.45) is 2.47. The molecule has 9 nitrogen and oxygen atoms in total. The molecule has 3 aromatic rings. The summed E-state index contributed by atoms with van der Waals surface area (Å²) in [7, 11) is -3.11. The maximum absolute atomic E-state index is 13.5. The number of anilines is 1. The fourth-order valence-electron chi connectivity index (χ4n) is 4.49. The first-order valence-corrected chi connectivity index (χ1v) is 13.3. The van der Waals surface area contributed by atoms with Crippen LogP contribution in [0.3, 0.4) is 0 Å². The number of carbonyl (C=O) groups is 2. The van der Waals surface area contributed by atoms with E-state index in [2.05, 4.69) is 10.4 Å². The number of hydrogen-bond donors (Lipinski definition) is 1. The summed E-state index contributed by atoms with van der Waals surface area (Å²) >= 11 is 0. The van der Waals surface area contributed by atoms with Gasteiger partial charge in [0.05, 0.1) is 52.0 Å². The van der Waals surface area contributed by atoms with Gasteiger partial charge in [-0.15, -0.1) is 0 Å². The van der Waals surface area contributed by atoms with Gasteiger partial charge in [-0.2, -0.15) is 5.10 Å². The molecule has 2 fully saturated rings. The van der Waals surface area contributed by atoms with Crippen molar-refractivity contribution < 1.29 is 22.7 Å². The van der Waals surface area contributed by atoms with Crippen molar-refractivity contribution in [3.05, 3.63) is 52.8 Å². The largest absolute Gasteiger partial charge is 0.462 e. The third kappa shape index (κ3) is 4.18. The Morgan fingerprint density at radius 2 is 1.94 bits per heavy atom. The first-order valence-electron chi connectivity index (χ1n) is 11.4. The third-order valence-corrected chi connectivity index (χ3v) is 8.07. The van der Waals surface area contributed by atoms with Crippen molar-refractivity contribution in [2.75, 3.05) is 23.4 Å². The SMILES string of the molecule is CCOC(=O)c1ccccc1NC(=O)c1cc(C2CC2)nc2c1c(C)nn2C1CCS(=O)(=O)C1. The van der Waals surface area contributed by atoms with Crippen LogP contribution < -0.4 is 5.32 Å². The predicted molar refractivity (Wildman–Crippen MR) is 127 cm³/mol. The number of rotatable bonds is 6. The van der Waals surface area contributed by atoms with Gasteiger partial charge >= 0.3 is 5.97 Å². The highest BCUT2D eigenvalue weighted by Gasteiger charge is 2.34. The average Bonchev–Trinajstić information content (AvgIpc) is 3.52. The Morgan fingerprint density at radius 1 is 1.18 bits per heavy atom. The lowest BCUT2D eigenvalue weighted by atomic mass is 10.1. The van der Waals surface area contributed by atoms with E-state index in [9.17, 15) is 18.0 Å². The van der Waals surface area contributed by atoms with Gasteiger partial charge < -0.3 is 10.1 Å². The minimum absolute atomic E-state index is 0.0208. The number of fused-ring (bicyclic) bond motifs is 1. The summed E-state index contributed by atoms with van der Waals surface area (Å²) in [6, 6.07) is 8.21. The Hall–Kier alpha value is -3.27. The maximum atomic E-state index is 13.5. The molecule has 34 heavy (non-hydrogen) atoms. The van der Waals surface area contributed by atoms with Gasteiger partial charge in [-0.05, 0) is 51.3 Å². The molecule has 5 rings (SSSR count). The van der Waals surface area contributed by atoms with Crippen molar-refractivity contribution in [1.29, 1.82) is 0 Å². The number of hydrogen-bond acceptors (Lipinski definition) is 7. The van der Waals surface area contributed by atoms with Crippen molar-refractivity contribution in [2.45, 2.75) is 45.1 Å². The van der Waals surface area contributed by atoms with Gasteiger partial charge in [-0.1, -0.05) is 12.1 Å². The highest BCUT2D eigenvalue weighted by molar-refractivity contribution is 7.91. The summed E-state index contributed by atoms with van der Waals surface area (Å²) in [6.45, 7) is 3.75. The van der Waals surface area contributed by atoms with Crippen LogP contribution in [0, 0.1) is 6.92 Å². The van der Waals surface area contributed by atoms with E-state index >= 15 is 0 Å². The van der Waals surface area contributed by atoms with Crippen molar-refractivity contribution in [2.24, 2.45) is 0 Å². The summed E-state index contributed by atoms with van der Waals surface area (Å²) < 4.78 is 31.0. The van der Waals surface area contributed by atoms with E-state index in [1.165, 1.54) is 0 Å². The van der Waals surface area contributed by atoms with Gasteiger partial charge in [-0.3, -0.25) is 4.79 Å². The molecule has 3 heterocycles. The molecule has 1 saturated heterocycles. The van der Waals surface area contributed by atoms with Crippen LogP contribution in [0.5, 0.6) is 0 Å². The molecule has 0 bridgehead atoms. The minimum Gasteiger partial charge on any atom is -0.462 e. The molecule has 10 heteroatoms. The Balaban J connectivity index is 1.58. The molecular weight excluding hydrogens is 456 g/mol. The number of nitrogens with zero attached hydrogens (tertiary/aromatic N) is 3. The number of ether oxygens (including phenoxy) is 1. The second-order valence-electron chi connectivity index (χ2n) is 8.87. The number of sulfone groups is 1. The molecule has 2 aliphatic rings. The molecule has 1 atom stereocenters. The number of benzene rings is 1. The monoisotopic (exact) mass is 482 g/mol. The summed E-state index contributed by atoms with van der Waals surface area (Å²) in [5, 5.41) is 8.07. The fourth-order valence-corrected chi connectivity index (χ4v) is 6.18. The fraction of sp³-hybridized carbons (Fsp3) is 0.417. The molecule has 1 saturated carbocycles. The molecule has 2 aromatic heterocycles. The lowest BCUT2D eigenvalue weighted by Crippen LogP contribution is -2.17. The van der Waals surface area contributed by atoms with Gasteiger partial charge in [0.1, 0.15) is 0 Å². The number of pyridine rings is 1. The van der Waals surface area contributed by atoms with Crippen LogP contribution in [-0.4, -0.2) is 53.2 Å². The first-order chi connectivity index (χ1) is 16.3. The van der Waals surface area contributed by atoms with E-state index < -0.39 is 15.8 Å². The van der Waals surface area contributed by atoms with Crippen molar-refractivity contribution in [1.82, 2.24) is 14.8 Å². The zero-order valence-corrected chi connectivity index (χ0v) is 19.9. The van der Waals surface area contributed by atoms with Gasteiger partial charge in [0.15, 0.2) is 15.5 Å². The zero-order chi connectivity index (χ0) is 24.0. The molecule has 178 valence electrons. The second kappa shape index (κ2) is 8.50. The van der Waals surface area contributed by atoms with E-state index in [0.717, 1.165) is 18.5 Å². The molecule has 0 radical (unpaired) electrons. The zero-order valence-electron chi connectivity index (χ0n) is 19.1. The summed E-state index contributed by atoms with van der Waals surface area (Å²) in [5.41, 5.74) is 2.99. The molecular formula is C24H26N4O5S. The first kappa shape index (κ1) is 22.5. The third-order valence-electron chi connectivity index (χ3n) is 6.32. The highest BCUT2D eigenvalue weighted by atomic mass is 32.2. The van der Waals surface area contributed by atoms with Crippen LogP contribution in [-0.2, 0) is 14.6 Å². The van der Waals surface area contributed by atoms with E-state index in [0.29, 0.717) is 34.4 Å². The van der Waals surface area contributed by atoms with Crippen molar-refractivity contribution in [3.8, 4) is 0 Å². The summed E-state index contributed by atoms with van der Waals surface area (Å²) in [5.74, 6) is -0.472. The van der Waals surface area contributed by atoms with E-state index in [1.54, 1.807) is 48.9 Å². The Morgan fingerprint density at radius 3 is 2.62 bits per heavy atom. The quantitative estimate of drug-likeness (QED) is 0.535. The van der Waals surface area contributed by atoms with Crippen LogP contribution in [0.4, 0.5) is 5.69 Å². The van der Waals surface area contributed by atoms with Crippen LogP contribution in [0.15, 0.2) is 30.3 Å². The maximum Gasteiger partial charge on any atom is 0.340 e. The molecule has 1 aliphatic heterocycles.